The van der Waals surface area contributed by atoms with E-state index in [1.54, 1.807) is 38.1 Å². The van der Waals surface area contributed by atoms with Crippen LogP contribution in [0.2, 0.25) is 0 Å². The van der Waals surface area contributed by atoms with Crippen LogP contribution in [0.1, 0.15) is 34.7 Å². The quantitative estimate of drug-likeness (QED) is 0.761. The predicted molar refractivity (Wildman–Crippen MR) is 82.7 cm³/mol. The summed E-state index contributed by atoms with van der Waals surface area (Å²) < 4.78 is 10.4. The van der Waals surface area contributed by atoms with E-state index in [0.29, 0.717) is 41.5 Å². The van der Waals surface area contributed by atoms with Crippen molar-refractivity contribution in [1.82, 2.24) is 5.16 Å². The summed E-state index contributed by atoms with van der Waals surface area (Å²) in [6, 6.07) is 6.85. The van der Waals surface area contributed by atoms with Gasteiger partial charge in [-0.25, -0.2) is 0 Å². The molecule has 0 atom stereocenters. The van der Waals surface area contributed by atoms with Crippen LogP contribution in [0.5, 0.6) is 5.75 Å². The Morgan fingerprint density at radius 2 is 1.96 bits per heavy atom. The minimum absolute atomic E-state index is 0.0750. The minimum atomic E-state index is -0.842. The van der Waals surface area contributed by atoms with Crippen molar-refractivity contribution in [3.8, 4) is 5.75 Å². The lowest BCUT2D eigenvalue weighted by molar-refractivity contribution is -0.137. The molecule has 1 heterocycles. The number of nitrogens with one attached hydrogen (secondary N) is 1. The van der Waals surface area contributed by atoms with Gasteiger partial charge in [-0.3, -0.25) is 9.59 Å². The monoisotopic (exact) mass is 318 g/mol. The third-order valence-electron chi connectivity index (χ3n) is 3.18. The average Bonchev–Trinajstić information content (AvgIpc) is 2.84. The van der Waals surface area contributed by atoms with E-state index in [4.69, 9.17) is 14.4 Å². The zero-order chi connectivity index (χ0) is 16.8. The Labute approximate surface area is 133 Å². The Bertz CT molecular complexity index is 671. The molecule has 0 saturated heterocycles. The first-order valence-corrected chi connectivity index (χ1v) is 7.16. The SMILES string of the molecule is Cc1noc(C)c1C(=O)Nc1ccc(OCCCC(=O)O)cc1. The summed E-state index contributed by atoms with van der Waals surface area (Å²) in [7, 11) is 0. The van der Waals surface area contributed by atoms with E-state index in [1.165, 1.54) is 0 Å². The molecule has 7 heteroatoms. The van der Waals surface area contributed by atoms with Crippen LogP contribution in [-0.2, 0) is 4.79 Å². The number of anilines is 1. The second-order valence-electron chi connectivity index (χ2n) is 5.02. The molecule has 0 aliphatic rings. The summed E-state index contributed by atoms with van der Waals surface area (Å²) in [6.07, 6.45) is 0.519. The van der Waals surface area contributed by atoms with E-state index in [0.717, 1.165) is 0 Å². The van der Waals surface area contributed by atoms with Crippen LogP contribution in [0.4, 0.5) is 5.69 Å². The maximum absolute atomic E-state index is 12.2. The predicted octanol–water partition coefficient (Wildman–Crippen LogP) is 2.79. The number of carbonyl (C=O) groups excluding carboxylic acids is 1. The highest BCUT2D eigenvalue weighted by Crippen LogP contribution is 2.19. The van der Waals surface area contributed by atoms with Gasteiger partial charge >= 0.3 is 5.97 Å². The number of aromatic nitrogens is 1. The third kappa shape index (κ3) is 4.57. The fraction of sp³-hybridized carbons (Fsp3) is 0.312. The molecule has 122 valence electrons. The number of aryl methyl sites for hydroxylation is 2. The van der Waals surface area contributed by atoms with Gasteiger partial charge in [0.15, 0.2) is 0 Å². The van der Waals surface area contributed by atoms with Crippen molar-refractivity contribution in [2.45, 2.75) is 26.7 Å². The zero-order valence-corrected chi connectivity index (χ0v) is 13.0. The molecule has 2 rings (SSSR count). The van der Waals surface area contributed by atoms with Gasteiger partial charge in [0, 0.05) is 12.1 Å². The Kier molecular flexibility index (Phi) is 5.35. The van der Waals surface area contributed by atoms with Crippen molar-refractivity contribution in [1.29, 1.82) is 0 Å². The van der Waals surface area contributed by atoms with Gasteiger partial charge < -0.3 is 19.7 Å². The molecule has 0 fully saturated rings. The van der Waals surface area contributed by atoms with E-state index in [-0.39, 0.29) is 12.3 Å². The molecule has 0 spiro atoms. The fourth-order valence-corrected chi connectivity index (χ4v) is 2.05. The Morgan fingerprint density at radius 1 is 1.26 bits per heavy atom. The number of carbonyl (C=O) groups is 2. The van der Waals surface area contributed by atoms with Gasteiger partial charge in [-0.05, 0) is 44.5 Å². The molecule has 0 unspecified atom stereocenters. The number of hydrogen-bond acceptors (Lipinski definition) is 5. The maximum atomic E-state index is 12.2. The summed E-state index contributed by atoms with van der Waals surface area (Å²) in [5, 5.41) is 15.1. The largest absolute Gasteiger partial charge is 0.494 e. The Balaban J connectivity index is 1.90. The maximum Gasteiger partial charge on any atom is 0.303 e. The van der Waals surface area contributed by atoms with Gasteiger partial charge in [0.05, 0.1) is 12.3 Å². The van der Waals surface area contributed by atoms with Crippen LogP contribution in [0.25, 0.3) is 0 Å². The Hall–Kier alpha value is -2.83. The molecular weight excluding hydrogens is 300 g/mol. The molecule has 2 aromatic rings. The number of benzene rings is 1. The molecule has 1 amide bonds. The van der Waals surface area contributed by atoms with Crippen molar-refractivity contribution in [2.24, 2.45) is 0 Å². The van der Waals surface area contributed by atoms with E-state index < -0.39 is 5.97 Å². The van der Waals surface area contributed by atoms with Gasteiger partial charge in [-0.15, -0.1) is 0 Å². The number of carboxylic acid groups (broad SMARTS) is 1. The second kappa shape index (κ2) is 7.44. The van der Waals surface area contributed by atoms with Crippen molar-refractivity contribution >= 4 is 17.6 Å². The second-order valence-corrected chi connectivity index (χ2v) is 5.02. The van der Waals surface area contributed by atoms with Crippen LogP contribution in [0.3, 0.4) is 0 Å². The summed E-state index contributed by atoms with van der Waals surface area (Å²) in [6.45, 7) is 3.72. The lowest BCUT2D eigenvalue weighted by Gasteiger charge is -2.08. The number of amides is 1. The van der Waals surface area contributed by atoms with Crippen LogP contribution >= 0.6 is 0 Å². The van der Waals surface area contributed by atoms with Gasteiger partial charge in [0.1, 0.15) is 17.1 Å². The Morgan fingerprint density at radius 3 is 2.52 bits per heavy atom. The number of aliphatic carboxylic acids is 1. The molecule has 0 aliphatic heterocycles. The molecule has 1 aromatic carbocycles. The zero-order valence-electron chi connectivity index (χ0n) is 13.0. The number of ether oxygens (including phenoxy) is 1. The van der Waals surface area contributed by atoms with Gasteiger partial charge in [-0.1, -0.05) is 5.16 Å². The summed E-state index contributed by atoms with van der Waals surface area (Å²) in [5.74, 6) is -0.0357. The van der Waals surface area contributed by atoms with Gasteiger partial charge in [0.2, 0.25) is 0 Å². The lowest BCUT2D eigenvalue weighted by atomic mass is 10.2. The average molecular weight is 318 g/mol. The minimum Gasteiger partial charge on any atom is -0.494 e. The summed E-state index contributed by atoms with van der Waals surface area (Å²) in [4.78, 5) is 22.6. The number of nitrogens with zero attached hydrogens (tertiary/aromatic N) is 1. The number of hydrogen-bond donors (Lipinski definition) is 2. The van der Waals surface area contributed by atoms with Crippen LogP contribution in [-0.4, -0.2) is 28.7 Å². The first-order chi connectivity index (χ1) is 11.0. The fourth-order valence-electron chi connectivity index (χ4n) is 2.05. The van der Waals surface area contributed by atoms with Gasteiger partial charge in [-0.2, -0.15) is 0 Å². The van der Waals surface area contributed by atoms with Gasteiger partial charge in [0.25, 0.3) is 5.91 Å². The molecule has 1 aromatic heterocycles. The molecule has 2 N–H and O–H groups in total. The van der Waals surface area contributed by atoms with Crippen LogP contribution < -0.4 is 10.1 Å². The molecule has 0 aliphatic carbocycles. The first kappa shape index (κ1) is 16.5. The van der Waals surface area contributed by atoms with E-state index in [1.807, 2.05) is 0 Å². The van der Waals surface area contributed by atoms with Crippen molar-refractivity contribution in [3.63, 3.8) is 0 Å². The molecule has 23 heavy (non-hydrogen) atoms. The molecule has 0 radical (unpaired) electrons. The van der Waals surface area contributed by atoms with E-state index in [9.17, 15) is 9.59 Å². The first-order valence-electron chi connectivity index (χ1n) is 7.16. The van der Waals surface area contributed by atoms with Crippen molar-refractivity contribution in [2.75, 3.05) is 11.9 Å². The molecule has 0 bridgehead atoms. The summed E-state index contributed by atoms with van der Waals surface area (Å²) >= 11 is 0. The lowest BCUT2D eigenvalue weighted by Crippen LogP contribution is -2.13. The molecule has 0 saturated carbocycles. The highest BCUT2D eigenvalue weighted by Gasteiger charge is 2.17. The van der Waals surface area contributed by atoms with Crippen molar-refractivity contribution in [3.05, 3.63) is 41.3 Å². The summed E-state index contributed by atoms with van der Waals surface area (Å²) in [5.41, 5.74) is 1.59. The number of rotatable bonds is 7. The van der Waals surface area contributed by atoms with Crippen LogP contribution in [0, 0.1) is 13.8 Å². The van der Waals surface area contributed by atoms with Crippen molar-refractivity contribution < 1.29 is 24.0 Å². The van der Waals surface area contributed by atoms with E-state index in [2.05, 4.69) is 10.5 Å². The smallest absolute Gasteiger partial charge is 0.303 e. The third-order valence-corrected chi connectivity index (χ3v) is 3.18. The molecule has 7 nitrogen and oxygen atoms in total. The van der Waals surface area contributed by atoms with Crippen LogP contribution in [0.15, 0.2) is 28.8 Å². The normalized spacial score (nSPS) is 10.3. The molecular formula is C16H18N2O5. The topological polar surface area (TPSA) is 102 Å². The highest BCUT2D eigenvalue weighted by molar-refractivity contribution is 6.05. The standard InChI is InChI=1S/C16H18N2O5/c1-10-15(11(2)23-18-10)16(21)17-12-5-7-13(8-6-12)22-9-3-4-14(19)20/h5-8H,3-4,9H2,1-2H3,(H,17,21)(H,19,20). The highest BCUT2D eigenvalue weighted by atomic mass is 16.5. The van der Waals surface area contributed by atoms with E-state index >= 15 is 0 Å². The number of carboxylic acids is 1.